The van der Waals surface area contributed by atoms with Crippen molar-refractivity contribution in [2.75, 3.05) is 0 Å². The molecule has 0 aliphatic rings. The van der Waals surface area contributed by atoms with Gasteiger partial charge in [0.05, 0.1) is 10.6 Å². The Morgan fingerprint density at radius 2 is 0.535 bits per heavy atom. The molecule has 6 aromatic carbocycles. The summed E-state index contributed by atoms with van der Waals surface area (Å²) in [6.45, 7) is 79.8. The van der Waals surface area contributed by atoms with Crippen molar-refractivity contribution in [2.45, 2.75) is 242 Å². The van der Waals surface area contributed by atoms with E-state index in [4.69, 9.17) is 26.3 Å². The Bertz CT molecular complexity index is 3090. The molecule has 0 spiro atoms. The van der Waals surface area contributed by atoms with E-state index < -0.39 is 52.2 Å². The van der Waals surface area contributed by atoms with Gasteiger partial charge in [-0.15, -0.1) is 26.3 Å². The van der Waals surface area contributed by atoms with Crippen molar-refractivity contribution in [1.82, 2.24) is 0 Å². The fourth-order valence-electron chi connectivity index (χ4n) is 9.83. The summed E-state index contributed by atoms with van der Waals surface area (Å²) in [5, 5.41) is 1.98. The van der Waals surface area contributed by atoms with Crippen LogP contribution >= 0.6 is 16.8 Å². The van der Waals surface area contributed by atoms with E-state index in [9.17, 15) is 0 Å². The van der Waals surface area contributed by atoms with Crippen molar-refractivity contribution < 1.29 is 68.5 Å². The summed E-state index contributed by atoms with van der Waals surface area (Å²) in [5.74, 6) is 3.39. The van der Waals surface area contributed by atoms with Gasteiger partial charge in [0.25, 0.3) is 0 Å². The SMILES string of the molecule is C=C[SiH](C)O[SiH](C)C=C.C=C[SiH](C)O[Si](C)(C)C=C.CC(C)(C)c1ccc(OP(Oc2ccc(C(C)(C)C)cc2C(C)(C)C)c2ccc(-c3ccc(P(Oc4ccc(C(C)(C)C)cc4C(C)(C)C)Oc4ccc(C(C)(C)C)cc4C(C)(C)C)cc3)cc2)c(C(C)(C)C)c1.[CH3-].[CH3-].[CH3-].[CH3-].[Pt+2].[Pt+2]. The molecule has 556 valence electrons. The van der Waals surface area contributed by atoms with Gasteiger partial charge in [0.2, 0.25) is 0 Å². The predicted octanol–water partition coefficient (Wildman–Crippen LogP) is 24.9. The molecule has 14 heteroatoms. The van der Waals surface area contributed by atoms with Crippen LogP contribution in [-0.4, -0.2) is 35.4 Å². The van der Waals surface area contributed by atoms with Crippen molar-refractivity contribution in [3.63, 3.8) is 0 Å². The molecule has 6 rings (SSSR count). The fraction of sp³-hybridized carbons (Fsp3) is 0.435. The molecule has 6 aromatic rings. The molecule has 0 aliphatic carbocycles. The molecule has 0 aliphatic heterocycles. The average molecular weight is 1820 g/mol. The van der Waals surface area contributed by atoms with E-state index in [0.717, 1.165) is 67.0 Å². The molecular formula is C85H134O6P2Pt2Si4. The normalized spacial score (nSPS) is 12.9. The molecule has 0 N–H and O–H groups in total. The van der Waals surface area contributed by atoms with Crippen LogP contribution in [0.2, 0.25) is 32.7 Å². The maximum Gasteiger partial charge on any atom is 2.00 e. The standard InChI is InChI=1S/C68H92O4P2.C7H16OSi2.C6H14OSi2.4CH3.2Pt/c1-61(2,3)47-29-37-57(53(41-47)65(13,14)15)69-73(70-58-38-30-48(62(4,5)6)42-54(58)66(16,17)18)51-33-25-45(26-34-51)46-27-35-52(36-28-46)74(71-59-39-31-49(63(7,8)9)43-55(59)67(19,20)21)72-60-40-32-50(64(10,11)12)44-56(60)68(22,23)24;1-6-9(3)8-10(4,5)7-2;1-5-8(3)7-9(4)6-2;;;;;;/h25-44H,1-24H3;6-7,9H,1-2H2,3-5H3;5-6,8-9H,1-2H2,3-4H3;4*1H3;;/q;;;4*-1;2*+2. The zero-order valence-electron chi connectivity index (χ0n) is 67.9. The summed E-state index contributed by atoms with van der Waals surface area (Å²) in [7, 11) is -7.83. The molecule has 0 heterocycles. The number of hydrogen-bond donors (Lipinski definition) is 0. The third-order valence-corrected chi connectivity index (χ3v) is 29.5. The van der Waals surface area contributed by atoms with E-state index >= 15 is 0 Å². The number of benzene rings is 6. The summed E-state index contributed by atoms with van der Waals surface area (Å²) in [6.07, 6.45) is 0. The molecule has 0 aromatic heterocycles. The second-order valence-electron chi connectivity index (χ2n) is 33.7. The minimum Gasteiger partial charge on any atom is -0.454 e. The Morgan fingerprint density at radius 1 is 0.323 bits per heavy atom. The zero-order chi connectivity index (χ0) is 70.8. The van der Waals surface area contributed by atoms with Crippen LogP contribution in [0.1, 0.15) is 211 Å². The van der Waals surface area contributed by atoms with E-state index in [1.807, 2.05) is 22.8 Å². The molecule has 99 heavy (non-hydrogen) atoms. The van der Waals surface area contributed by atoms with Crippen LogP contribution in [0.15, 0.2) is 170 Å². The first-order valence-electron chi connectivity index (χ1n) is 33.4. The summed E-state index contributed by atoms with van der Waals surface area (Å²) < 4.78 is 40.2. The molecule has 3 atom stereocenters. The van der Waals surface area contributed by atoms with Crippen LogP contribution < -0.4 is 28.7 Å². The van der Waals surface area contributed by atoms with Gasteiger partial charge in [0, 0.05) is 22.3 Å². The topological polar surface area (TPSA) is 55.4 Å². The summed E-state index contributed by atoms with van der Waals surface area (Å²) in [4.78, 5) is 0. The van der Waals surface area contributed by atoms with E-state index in [1.54, 1.807) is 0 Å². The number of rotatable bonds is 19. The summed E-state index contributed by atoms with van der Waals surface area (Å²) in [5.41, 5.74) is 19.1. The zero-order valence-corrected chi connectivity index (χ0v) is 78.7. The third-order valence-electron chi connectivity index (χ3n) is 16.2. The predicted molar refractivity (Wildman–Crippen MR) is 448 cm³/mol. The molecule has 0 bridgehead atoms. The van der Waals surface area contributed by atoms with Crippen LogP contribution in [0.3, 0.4) is 0 Å². The van der Waals surface area contributed by atoms with Gasteiger partial charge in [0.15, 0.2) is 35.4 Å². The Hall–Kier alpha value is -3.50. The van der Waals surface area contributed by atoms with Crippen molar-refractivity contribution >= 4 is 62.8 Å². The second-order valence-corrected chi connectivity index (χ2v) is 47.8. The van der Waals surface area contributed by atoms with E-state index in [1.165, 1.54) is 22.3 Å². The second kappa shape index (κ2) is 40.1. The molecule has 6 nitrogen and oxygen atoms in total. The summed E-state index contributed by atoms with van der Waals surface area (Å²) >= 11 is 0. The third kappa shape index (κ3) is 30.6. The molecule has 3 unspecified atom stereocenters. The molecule has 0 fully saturated rings. The van der Waals surface area contributed by atoms with Gasteiger partial charge >= 0.3 is 58.9 Å². The minimum absolute atomic E-state index is 0. The first-order valence-corrected chi connectivity index (χ1v) is 45.6. The van der Waals surface area contributed by atoms with E-state index in [0.29, 0.717) is 0 Å². The molecule has 0 amide bonds. The van der Waals surface area contributed by atoms with Crippen LogP contribution in [0.25, 0.3) is 11.1 Å². The monoisotopic (exact) mass is 1810 g/mol. The Kier molecular flexibility index (Phi) is 40.4. The maximum atomic E-state index is 7.20. The fourth-order valence-corrected chi connectivity index (χ4v) is 20.7. The van der Waals surface area contributed by atoms with Gasteiger partial charge in [-0.1, -0.05) is 262 Å². The van der Waals surface area contributed by atoms with Crippen LogP contribution in [0.5, 0.6) is 23.0 Å². The minimum atomic E-state index is -1.63. The maximum absolute atomic E-state index is 7.20. The van der Waals surface area contributed by atoms with Crippen LogP contribution in [-0.2, 0) is 93.7 Å². The molecule has 0 saturated carbocycles. The van der Waals surface area contributed by atoms with Crippen LogP contribution in [0.4, 0.5) is 0 Å². The first kappa shape index (κ1) is 99.7. The average Bonchev–Trinajstić information content (AvgIpc) is 0.798. The van der Waals surface area contributed by atoms with Gasteiger partial charge < -0.3 is 56.0 Å². The molecule has 0 radical (unpaired) electrons. The Labute approximate surface area is 646 Å². The summed E-state index contributed by atoms with van der Waals surface area (Å²) in [6, 6.07) is 44.3. The van der Waals surface area contributed by atoms with Crippen molar-refractivity contribution in [1.29, 1.82) is 0 Å². The van der Waals surface area contributed by atoms with E-state index in [2.05, 4.69) is 347 Å². The van der Waals surface area contributed by atoms with Gasteiger partial charge in [-0.3, -0.25) is 0 Å². The number of hydrogen-bond acceptors (Lipinski definition) is 6. The van der Waals surface area contributed by atoms with Gasteiger partial charge in [-0.05, 0) is 158 Å². The van der Waals surface area contributed by atoms with Crippen molar-refractivity contribution in [3.05, 3.63) is 245 Å². The van der Waals surface area contributed by atoms with E-state index in [-0.39, 0.29) is 115 Å². The Morgan fingerprint density at radius 3 is 0.707 bits per heavy atom. The van der Waals surface area contributed by atoms with Crippen molar-refractivity contribution in [2.24, 2.45) is 0 Å². The largest absolute Gasteiger partial charge is 2.00 e. The smallest absolute Gasteiger partial charge is 0.454 e. The van der Waals surface area contributed by atoms with Gasteiger partial charge in [-0.2, -0.15) is 0 Å². The Balaban J connectivity index is -0.00000322. The van der Waals surface area contributed by atoms with Gasteiger partial charge in [-0.25, -0.2) is 0 Å². The first-order chi connectivity index (χ1) is 42.4. The quantitative estimate of drug-likeness (QED) is 0.0458. The molecular weight excluding hydrogens is 1680 g/mol. The van der Waals surface area contributed by atoms with Gasteiger partial charge in [0.1, 0.15) is 23.0 Å². The van der Waals surface area contributed by atoms with Crippen molar-refractivity contribution in [3.8, 4) is 34.1 Å². The molecule has 0 saturated heterocycles. The van der Waals surface area contributed by atoms with Crippen LogP contribution in [0, 0.1) is 29.7 Å².